The van der Waals surface area contributed by atoms with Crippen LogP contribution < -0.4 is 0 Å². The van der Waals surface area contributed by atoms with Crippen LogP contribution in [-0.4, -0.2) is 46.9 Å². The lowest BCUT2D eigenvalue weighted by molar-refractivity contribution is -0.129. The summed E-state index contributed by atoms with van der Waals surface area (Å²) < 4.78 is 29.1. The molecule has 2 aliphatic rings. The number of aromatic nitrogens is 2. The minimum absolute atomic E-state index is 0.258. The van der Waals surface area contributed by atoms with E-state index in [9.17, 15) is 13.2 Å². The first-order valence-corrected chi connectivity index (χ1v) is 9.44. The average Bonchev–Trinajstić information content (AvgIpc) is 3.00. The summed E-state index contributed by atoms with van der Waals surface area (Å²) >= 11 is 0. The van der Waals surface area contributed by atoms with Gasteiger partial charge in [0.2, 0.25) is 11.8 Å². The number of carbonyl (C=O) groups excluding carboxylic acids is 1. The highest BCUT2D eigenvalue weighted by Gasteiger charge is 2.37. The number of hydrogen-bond acceptors (Lipinski definition) is 6. The molecule has 1 saturated carbocycles. The van der Waals surface area contributed by atoms with Crippen LogP contribution in [0, 0.1) is 0 Å². The molecule has 2 fully saturated rings. The van der Waals surface area contributed by atoms with Gasteiger partial charge >= 0.3 is 0 Å². The van der Waals surface area contributed by atoms with Crippen LogP contribution in [0.5, 0.6) is 0 Å². The van der Waals surface area contributed by atoms with E-state index in [1.165, 1.54) is 0 Å². The molecule has 0 N–H and O–H groups in total. The van der Waals surface area contributed by atoms with Crippen molar-refractivity contribution in [3.05, 3.63) is 11.7 Å². The van der Waals surface area contributed by atoms with Gasteiger partial charge in [-0.1, -0.05) is 5.16 Å². The molecule has 122 valence electrons. The zero-order valence-corrected chi connectivity index (χ0v) is 13.7. The number of hydrogen-bond donors (Lipinski definition) is 0. The molecule has 1 aliphatic heterocycles. The topological polar surface area (TPSA) is 93.4 Å². The van der Waals surface area contributed by atoms with E-state index in [1.807, 2.05) is 0 Å². The van der Waals surface area contributed by atoms with Crippen LogP contribution in [0.4, 0.5) is 0 Å². The summed E-state index contributed by atoms with van der Waals surface area (Å²) in [6.45, 7) is 3.72. The zero-order valence-electron chi connectivity index (χ0n) is 12.9. The molecule has 1 saturated heterocycles. The van der Waals surface area contributed by atoms with Crippen LogP contribution >= 0.6 is 0 Å². The normalized spacial score (nSPS) is 22.5. The molecule has 1 atom stereocenters. The first-order chi connectivity index (χ1) is 10.4. The molecule has 0 radical (unpaired) electrons. The molecule has 2 heterocycles. The maximum Gasteiger partial charge on any atom is 0.238 e. The molecule has 0 spiro atoms. The fraction of sp³-hybridized carbons (Fsp3) is 0.786. The first-order valence-electron chi connectivity index (χ1n) is 7.73. The molecule has 1 aliphatic carbocycles. The Labute approximate surface area is 130 Å². The van der Waals surface area contributed by atoms with Gasteiger partial charge in [-0.3, -0.25) is 4.79 Å². The van der Waals surface area contributed by atoms with Gasteiger partial charge in [0.25, 0.3) is 0 Å². The molecule has 3 rings (SSSR count). The van der Waals surface area contributed by atoms with Crippen molar-refractivity contribution >= 4 is 15.7 Å². The maximum absolute atomic E-state index is 12.4. The second kappa shape index (κ2) is 5.64. The van der Waals surface area contributed by atoms with E-state index in [0.717, 1.165) is 25.7 Å². The minimum atomic E-state index is -3.39. The van der Waals surface area contributed by atoms with Crippen LogP contribution in [-0.2, 0) is 14.6 Å². The molecule has 8 heteroatoms. The molecule has 1 aromatic rings. The van der Waals surface area contributed by atoms with Gasteiger partial charge in [0.1, 0.15) is 5.75 Å². The summed E-state index contributed by atoms with van der Waals surface area (Å²) in [6, 6.07) is -0.258. The standard InChI is InChI=1S/C14H21N3O4S/c1-9(2)22(19,20)8-12(18)17-7-3-4-11(17)13-15-14(21-16-13)10-5-6-10/h9-11H,3-8H2,1-2H3. The third kappa shape index (κ3) is 3.02. The van der Waals surface area contributed by atoms with Crippen molar-refractivity contribution in [2.75, 3.05) is 12.3 Å². The summed E-state index contributed by atoms with van der Waals surface area (Å²) in [7, 11) is -3.39. The highest BCUT2D eigenvalue weighted by molar-refractivity contribution is 7.92. The molecule has 7 nitrogen and oxygen atoms in total. The third-order valence-corrected chi connectivity index (χ3v) is 6.38. The summed E-state index contributed by atoms with van der Waals surface area (Å²) in [5, 5.41) is 3.44. The Hall–Kier alpha value is -1.44. The van der Waals surface area contributed by atoms with Crippen molar-refractivity contribution in [2.24, 2.45) is 0 Å². The monoisotopic (exact) mass is 327 g/mol. The van der Waals surface area contributed by atoms with E-state index in [4.69, 9.17) is 4.52 Å². The van der Waals surface area contributed by atoms with Crippen LogP contribution in [0.3, 0.4) is 0 Å². The first kappa shape index (κ1) is 15.5. The Bertz CT molecular complexity index is 663. The smallest absolute Gasteiger partial charge is 0.238 e. The van der Waals surface area contributed by atoms with Crippen molar-refractivity contribution in [1.29, 1.82) is 0 Å². The third-order valence-electron chi connectivity index (χ3n) is 4.30. The second-order valence-electron chi connectivity index (χ2n) is 6.37. The van der Waals surface area contributed by atoms with Crippen molar-refractivity contribution in [3.63, 3.8) is 0 Å². The summed E-state index contributed by atoms with van der Waals surface area (Å²) in [5.41, 5.74) is 0. The number of rotatable bonds is 5. The molecule has 1 amide bonds. The van der Waals surface area contributed by atoms with E-state index in [2.05, 4.69) is 10.1 Å². The van der Waals surface area contributed by atoms with Crippen LogP contribution in [0.25, 0.3) is 0 Å². The highest BCUT2D eigenvalue weighted by Crippen LogP contribution is 2.40. The Morgan fingerprint density at radius 2 is 2.09 bits per heavy atom. The van der Waals surface area contributed by atoms with E-state index in [0.29, 0.717) is 24.2 Å². The summed E-state index contributed by atoms with van der Waals surface area (Å²) in [4.78, 5) is 18.3. The number of sulfone groups is 1. The van der Waals surface area contributed by atoms with Gasteiger partial charge < -0.3 is 9.42 Å². The minimum Gasteiger partial charge on any atom is -0.339 e. The van der Waals surface area contributed by atoms with Crippen LogP contribution in [0.15, 0.2) is 4.52 Å². The average molecular weight is 327 g/mol. The van der Waals surface area contributed by atoms with Gasteiger partial charge in [0.15, 0.2) is 15.7 Å². The van der Waals surface area contributed by atoms with Crippen LogP contribution in [0.2, 0.25) is 0 Å². The van der Waals surface area contributed by atoms with Crippen molar-refractivity contribution in [1.82, 2.24) is 15.0 Å². The molecule has 1 aromatic heterocycles. The number of amides is 1. The van der Waals surface area contributed by atoms with Crippen molar-refractivity contribution in [3.8, 4) is 0 Å². The second-order valence-corrected chi connectivity index (χ2v) is 8.92. The van der Waals surface area contributed by atoms with Crippen LogP contribution in [0.1, 0.15) is 63.2 Å². The fourth-order valence-corrected chi connectivity index (χ4v) is 3.48. The SMILES string of the molecule is CC(C)S(=O)(=O)CC(=O)N1CCCC1c1noc(C2CC2)n1. The van der Waals surface area contributed by atoms with Gasteiger partial charge in [0, 0.05) is 12.5 Å². The molecule has 22 heavy (non-hydrogen) atoms. The lowest BCUT2D eigenvalue weighted by Crippen LogP contribution is -2.37. The molecular formula is C14H21N3O4S. The molecule has 0 bridgehead atoms. The Morgan fingerprint density at radius 1 is 1.36 bits per heavy atom. The number of likely N-dealkylation sites (tertiary alicyclic amines) is 1. The fourth-order valence-electron chi connectivity index (χ4n) is 2.63. The molecule has 1 unspecified atom stereocenters. The number of carbonyl (C=O) groups is 1. The highest BCUT2D eigenvalue weighted by atomic mass is 32.2. The zero-order chi connectivity index (χ0) is 15.9. The molecule has 0 aromatic carbocycles. The van der Waals surface area contributed by atoms with Gasteiger partial charge in [0.05, 0.1) is 11.3 Å². The van der Waals surface area contributed by atoms with Crippen molar-refractivity contribution < 1.29 is 17.7 Å². The van der Waals surface area contributed by atoms with Crippen molar-refractivity contribution in [2.45, 2.75) is 56.7 Å². The Kier molecular flexibility index (Phi) is 3.96. The Morgan fingerprint density at radius 3 is 2.73 bits per heavy atom. The predicted octanol–water partition coefficient (Wildman–Crippen LogP) is 1.43. The molecular weight excluding hydrogens is 306 g/mol. The number of nitrogens with zero attached hydrogens (tertiary/aromatic N) is 3. The van der Waals surface area contributed by atoms with E-state index in [1.54, 1.807) is 18.7 Å². The van der Waals surface area contributed by atoms with Gasteiger partial charge in [-0.15, -0.1) is 0 Å². The van der Waals surface area contributed by atoms with Gasteiger partial charge in [-0.25, -0.2) is 8.42 Å². The predicted molar refractivity (Wildman–Crippen MR) is 78.9 cm³/mol. The van der Waals surface area contributed by atoms with E-state index < -0.39 is 20.8 Å². The van der Waals surface area contributed by atoms with E-state index in [-0.39, 0.29) is 11.9 Å². The lowest BCUT2D eigenvalue weighted by Gasteiger charge is -2.22. The Balaban J connectivity index is 1.73. The van der Waals surface area contributed by atoms with Gasteiger partial charge in [-0.2, -0.15) is 4.98 Å². The lowest BCUT2D eigenvalue weighted by atomic mass is 10.2. The largest absolute Gasteiger partial charge is 0.339 e. The van der Waals surface area contributed by atoms with E-state index >= 15 is 0 Å². The quantitative estimate of drug-likeness (QED) is 0.812. The summed E-state index contributed by atoms with van der Waals surface area (Å²) in [5.74, 6) is 0.704. The summed E-state index contributed by atoms with van der Waals surface area (Å²) in [6.07, 6.45) is 3.71. The maximum atomic E-state index is 12.4. The van der Waals surface area contributed by atoms with Gasteiger partial charge in [-0.05, 0) is 39.5 Å².